The van der Waals surface area contributed by atoms with E-state index in [2.05, 4.69) is 40.8 Å². The van der Waals surface area contributed by atoms with Crippen LogP contribution in [0.25, 0.3) is 0 Å². The Morgan fingerprint density at radius 1 is 1.11 bits per heavy atom. The van der Waals surface area contributed by atoms with Gasteiger partial charge in [0, 0.05) is 32.1 Å². The van der Waals surface area contributed by atoms with E-state index in [1.165, 1.54) is 0 Å². The van der Waals surface area contributed by atoms with E-state index in [1.54, 1.807) is 0 Å². The van der Waals surface area contributed by atoms with Crippen LogP contribution in [0.4, 0.5) is 11.6 Å². The molecule has 0 aliphatic carbocycles. The number of aryl methyl sites for hydroxylation is 1. The van der Waals surface area contributed by atoms with Gasteiger partial charge >= 0.3 is 0 Å². The van der Waals surface area contributed by atoms with E-state index in [-0.39, 0.29) is 0 Å². The van der Waals surface area contributed by atoms with Gasteiger partial charge in [-0.1, -0.05) is 6.92 Å². The minimum Gasteiger partial charge on any atom is -0.383 e. The van der Waals surface area contributed by atoms with E-state index in [4.69, 9.17) is 5.73 Å². The van der Waals surface area contributed by atoms with Crippen molar-refractivity contribution >= 4 is 11.6 Å². The molecule has 0 aromatic carbocycles. The van der Waals surface area contributed by atoms with Crippen molar-refractivity contribution in [3.63, 3.8) is 0 Å². The highest BCUT2D eigenvalue weighted by Crippen LogP contribution is 2.20. The number of anilines is 2. The van der Waals surface area contributed by atoms with Crippen LogP contribution in [0, 0.1) is 6.92 Å². The van der Waals surface area contributed by atoms with Gasteiger partial charge in [0.25, 0.3) is 0 Å². The number of rotatable bonds is 6. The lowest BCUT2D eigenvalue weighted by atomic mass is 10.2. The van der Waals surface area contributed by atoms with Crippen molar-refractivity contribution in [2.75, 3.05) is 44.9 Å². The predicted molar refractivity (Wildman–Crippen MR) is 77.0 cm³/mol. The molecule has 1 heterocycles. The van der Waals surface area contributed by atoms with Crippen molar-refractivity contribution in [1.82, 2.24) is 14.9 Å². The van der Waals surface area contributed by atoms with Crippen LogP contribution in [-0.2, 0) is 6.42 Å². The Labute approximate surface area is 110 Å². The molecule has 0 radical (unpaired) electrons. The number of likely N-dealkylation sites (N-methyl/N-ethyl adjacent to an activating group) is 2. The summed E-state index contributed by atoms with van der Waals surface area (Å²) in [6.07, 6.45) is 1.91. The Kier molecular flexibility index (Phi) is 5.34. The van der Waals surface area contributed by atoms with E-state index < -0.39 is 0 Å². The highest BCUT2D eigenvalue weighted by molar-refractivity contribution is 5.56. The third-order valence-electron chi connectivity index (χ3n) is 2.92. The zero-order valence-corrected chi connectivity index (χ0v) is 12.2. The highest BCUT2D eigenvalue weighted by Gasteiger charge is 2.12. The molecule has 0 bridgehead atoms. The van der Waals surface area contributed by atoms with E-state index >= 15 is 0 Å². The second-order valence-electron chi connectivity index (χ2n) is 4.95. The minimum atomic E-state index is 0.597. The molecule has 1 rings (SSSR count). The Balaban J connectivity index is 2.91. The molecule has 2 N–H and O–H groups in total. The summed E-state index contributed by atoms with van der Waals surface area (Å²) >= 11 is 0. The molecule has 102 valence electrons. The molecule has 0 saturated carbocycles. The van der Waals surface area contributed by atoms with Gasteiger partial charge in [-0.05, 0) is 27.4 Å². The Bertz CT molecular complexity index is 389. The van der Waals surface area contributed by atoms with Crippen molar-refractivity contribution in [3.05, 3.63) is 11.4 Å². The Hall–Kier alpha value is -1.36. The first-order valence-electron chi connectivity index (χ1n) is 6.44. The molecule has 0 atom stereocenters. The molecule has 1 aromatic rings. The molecule has 0 aliphatic rings. The van der Waals surface area contributed by atoms with Crippen LogP contribution < -0.4 is 10.6 Å². The Morgan fingerprint density at radius 3 is 2.33 bits per heavy atom. The second kappa shape index (κ2) is 6.54. The number of nitrogens with two attached hydrogens (primary N) is 1. The third kappa shape index (κ3) is 3.84. The van der Waals surface area contributed by atoms with Crippen molar-refractivity contribution in [3.8, 4) is 0 Å². The summed E-state index contributed by atoms with van der Waals surface area (Å²) in [5.41, 5.74) is 6.93. The summed E-state index contributed by atoms with van der Waals surface area (Å²) < 4.78 is 0. The summed E-state index contributed by atoms with van der Waals surface area (Å²) in [6, 6.07) is 0. The first kappa shape index (κ1) is 14.7. The van der Waals surface area contributed by atoms with Gasteiger partial charge < -0.3 is 15.5 Å². The summed E-state index contributed by atoms with van der Waals surface area (Å²) in [6.45, 7) is 6.01. The van der Waals surface area contributed by atoms with Gasteiger partial charge in [-0.3, -0.25) is 0 Å². The van der Waals surface area contributed by atoms with Crippen LogP contribution >= 0.6 is 0 Å². The van der Waals surface area contributed by atoms with Crippen molar-refractivity contribution in [1.29, 1.82) is 0 Å². The molecule has 5 heteroatoms. The van der Waals surface area contributed by atoms with Crippen molar-refractivity contribution in [2.24, 2.45) is 0 Å². The smallest absolute Gasteiger partial charge is 0.137 e. The maximum absolute atomic E-state index is 5.96. The van der Waals surface area contributed by atoms with E-state index in [0.717, 1.165) is 43.1 Å². The number of hydrogen-bond acceptors (Lipinski definition) is 5. The van der Waals surface area contributed by atoms with Crippen LogP contribution in [-0.4, -0.2) is 49.1 Å². The van der Waals surface area contributed by atoms with Crippen LogP contribution in [0.5, 0.6) is 0 Å². The topological polar surface area (TPSA) is 58.3 Å². The van der Waals surface area contributed by atoms with E-state index in [9.17, 15) is 0 Å². The number of nitrogens with zero attached hydrogens (tertiary/aromatic N) is 4. The quantitative estimate of drug-likeness (QED) is 0.826. The maximum Gasteiger partial charge on any atom is 0.137 e. The average molecular weight is 251 g/mol. The first-order chi connectivity index (χ1) is 8.45. The van der Waals surface area contributed by atoms with Gasteiger partial charge in [0.2, 0.25) is 0 Å². The van der Waals surface area contributed by atoms with Gasteiger partial charge in [0.1, 0.15) is 17.5 Å². The standard InChI is InChI=1S/C13H25N5/c1-6-7-11-15-12(14)10(2)13(16-11)18(5)9-8-17(3)4/h6-9H2,1-5H3,(H2,14,15,16). The fraction of sp³-hybridized carbons (Fsp3) is 0.692. The molecule has 18 heavy (non-hydrogen) atoms. The van der Waals surface area contributed by atoms with Crippen LogP contribution in [0.2, 0.25) is 0 Å². The molecular weight excluding hydrogens is 226 g/mol. The molecular formula is C13H25N5. The van der Waals surface area contributed by atoms with Crippen LogP contribution in [0.3, 0.4) is 0 Å². The van der Waals surface area contributed by atoms with E-state index in [0.29, 0.717) is 5.82 Å². The lowest BCUT2D eigenvalue weighted by Crippen LogP contribution is -2.30. The van der Waals surface area contributed by atoms with Gasteiger partial charge in [-0.25, -0.2) is 9.97 Å². The zero-order valence-electron chi connectivity index (χ0n) is 12.2. The van der Waals surface area contributed by atoms with Gasteiger partial charge in [-0.15, -0.1) is 0 Å². The fourth-order valence-electron chi connectivity index (χ4n) is 1.73. The maximum atomic E-state index is 5.96. The number of aromatic nitrogens is 2. The van der Waals surface area contributed by atoms with Gasteiger partial charge in [0.15, 0.2) is 0 Å². The first-order valence-corrected chi connectivity index (χ1v) is 6.44. The molecule has 0 fully saturated rings. The minimum absolute atomic E-state index is 0.597. The summed E-state index contributed by atoms with van der Waals surface area (Å²) in [5.74, 6) is 2.39. The molecule has 5 nitrogen and oxygen atoms in total. The molecule has 0 spiro atoms. The van der Waals surface area contributed by atoms with Crippen molar-refractivity contribution < 1.29 is 0 Å². The third-order valence-corrected chi connectivity index (χ3v) is 2.92. The summed E-state index contributed by atoms with van der Waals surface area (Å²) in [5, 5.41) is 0. The summed E-state index contributed by atoms with van der Waals surface area (Å²) in [4.78, 5) is 13.2. The molecule has 0 unspecified atom stereocenters. The molecule has 0 saturated heterocycles. The van der Waals surface area contributed by atoms with Crippen LogP contribution in [0.1, 0.15) is 24.7 Å². The Morgan fingerprint density at radius 2 is 1.78 bits per heavy atom. The number of hydrogen-bond donors (Lipinski definition) is 1. The van der Waals surface area contributed by atoms with E-state index in [1.807, 2.05) is 14.0 Å². The zero-order chi connectivity index (χ0) is 13.7. The molecule has 0 aliphatic heterocycles. The molecule has 0 amide bonds. The lowest BCUT2D eigenvalue weighted by Gasteiger charge is -2.23. The number of nitrogen functional groups attached to an aromatic ring is 1. The normalized spacial score (nSPS) is 11.0. The lowest BCUT2D eigenvalue weighted by molar-refractivity contribution is 0.416. The van der Waals surface area contributed by atoms with Gasteiger partial charge in [0.05, 0.1) is 0 Å². The summed E-state index contributed by atoms with van der Waals surface area (Å²) in [7, 11) is 6.18. The molecule has 1 aromatic heterocycles. The SMILES string of the molecule is CCCc1nc(N)c(C)c(N(C)CCN(C)C)n1. The average Bonchev–Trinajstić information content (AvgIpc) is 2.30. The highest BCUT2D eigenvalue weighted by atomic mass is 15.2. The largest absolute Gasteiger partial charge is 0.383 e. The fourth-order valence-corrected chi connectivity index (χ4v) is 1.73. The predicted octanol–water partition coefficient (Wildman–Crippen LogP) is 1.32. The second-order valence-corrected chi connectivity index (χ2v) is 4.95. The monoisotopic (exact) mass is 251 g/mol. The van der Waals surface area contributed by atoms with Gasteiger partial charge in [-0.2, -0.15) is 0 Å². The van der Waals surface area contributed by atoms with Crippen LogP contribution in [0.15, 0.2) is 0 Å². The van der Waals surface area contributed by atoms with Crippen molar-refractivity contribution in [2.45, 2.75) is 26.7 Å².